The lowest BCUT2D eigenvalue weighted by Crippen LogP contribution is -2.12. The molecule has 0 fully saturated rings. The zero-order valence-corrected chi connectivity index (χ0v) is 15.9. The molecule has 0 heterocycles. The predicted octanol–water partition coefficient (Wildman–Crippen LogP) is 2.01. The van der Waals surface area contributed by atoms with Gasteiger partial charge in [0, 0.05) is 11.8 Å². The Kier molecular flexibility index (Phi) is 6.43. The fourth-order valence-corrected chi connectivity index (χ4v) is 2.80. The number of methoxy groups -OCH3 is 3. The first-order valence-corrected chi connectivity index (χ1v) is 9.25. The molecule has 0 aromatic heterocycles. The highest BCUT2D eigenvalue weighted by Crippen LogP contribution is 2.38. The fourth-order valence-electron chi connectivity index (χ4n) is 2.28. The summed E-state index contributed by atoms with van der Waals surface area (Å²) in [6.45, 7) is 0. The van der Waals surface area contributed by atoms with Gasteiger partial charge in [0.2, 0.25) is 21.7 Å². The van der Waals surface area contributed by atoms with Gasteiger partial charge in [-0.3, -0.25) is 4.79 Å². The molecule has 9 heteroatoms. The van der Waals surface area contributed by atoms with Crippen LogP contribution in [0.4, 0.5) is 5.69 Å². The van der Waals surface area contributed by atoms with Crippen LogP contribution >= 0.6 is 0 Å². The second-order valence-corrected chi connectivity index (χ2v) is 6.91. The lowest BCUT2D eigenvalue weighted by atomic mass is 10.1. The quantitative estimate of drug-likeness (QED) is 0.696. The van der Waals surface area contributed by atoms with E-state index in [0.29, 0.717) is 28.5 Å². The second kappa shape index (κ2) is 8.56. The molecule has 0 aliphatic heterocycles. The summed E-state index contributed by atoms with van der Waals surface area (Å²) in [5.41, 5.74) is 1.10. The minimum atomic E-state index is -3.77. The number of hydrogen-bond acceptors (Lipinski definition) is 6. The SMILES string of the molecule is COc1cc(/C=C/C(=O)Nc2ccc(S(N)(=O)=O)cc2)cc(OC)c1OC. The van der Waals surface area contributed by atoms with Crippen molar-refractivity contribution in [2.75, 3.05) is 26.6 Å². The molecule has 1 amide bonds. The van der Waals surface area contributed by atoms with Crippen molar-refractivity contribution in [1.82, 2.24) is 0 Å². The summed E-state index contributed by atoms with van der Waals surface area (Å²) >= 11 is 0. The normalized spacial score (nSPS) is 11.3. The standard InChI is InChI=1S/C18H20N2O6S/c1-24-15-10-12(11-16(25-2)18(15)26-3)4-9-17(21)20-13-5-7-14(8-6-13)27(19,22)23/h4-11H,1-3H3,(H,20,21)(H2,19,22,23)/b9-4+. The molecule has 0 radical (unpaired) electrons. The number of rotatable bonds is 7. The number of anilines is 1. The van der Waals surface area contributed by atoms with Crippen molar-refractivity contribution in [2.45, 2.75) is 4.90 Å². The number of nitrogens with two attached hydrogens (primary N) is 1. The number of hydrogen-bond donors (Lipinski definition) is 2. The van der Waals surface area contributed by atoms with E-state index in [1.54, 1.807) is 18.2 Å². The molecule has 0 spiro atoms. The number of carbonyl (C=O) groups is 1. The largest absolute Gasteiger partial charge is 0.493 e. The Balaban J connectivity index is 2.14. The van der Waals surface area contributed by atoms with Gasteiger partial charge in [0.25, 0.3) is 0 Å². The highest BCUT2D eigenvalue weighted by atomic mass is 32.2. The molecule has 0 aliphatic carbocycles. The summed E-state index contributed by atoms with van der Waals surface area (Å²) in [7, 11) is 0.736. The molecule has 2 aromatic carbocycles. The topological polar surface area (TPSA) is 117 Å². The van der Waals surface area contributed by atoms with Crippen LogP contribution in [-0.2, 0) is 14.8 Å². The van der Waals surface area contributed by atoms with Gasteiger partial charge in [-0.1, -0.05) is 0 Å². The maximum atomic E-state index is 12.1. The number of benzene rings is 2. The summed E-state index contributed by atoms with van der Waals surface area (Å²) in [5, 5.41) is 7.65. The van der Waals surface area contributed by atoms with E-state index in [9.17, 15) is 13.2 Å². The number of amides is 1. The summed E-state index contributed by atoms with van der Waals surface area (Å²) in [6.07, 6.45) is 2.91. The molecular weight excluding hydrogens is 372 g/mol. The highest BCUT2D eigenvalue weighted by Gasteiger charge is 2.12. The van der Waals surface area contributed by atoms with Crippen LogP contribution in [0.25, 0.3) is 6.08 Å². The molecule has 27 heavy (non-hydrogen) atoms. The third-order valence-corrected chi connectivity index (χ3v) is 4.49. The minimum absolute atomic E-state index is 0.0338. The number of nitrogens with one attached hydrogen (secondary N) is 1. The van der Waals surface area contributed by atoms with Crippen molar-refractivity contribution in [3.8, 4) is 17.2 Å². The summed E-state index contributed by atoms with van der Waals surface area (Å²) in [4.78, 5) is 12.0. The number of carbonyl (C=O) groups excluding carboxylic acids is 1. The summed E-state index contributed by atoms with van der Waals surface area (Å²) in [6, 6.07) is 8.93. The lowest BCUT2D eigenvalue weighted by molar-refractivity contribution is -0.111. The molecule has 0 unspecified atom stereocenters. The predicted molar refractivity (Wildman–Crippen MR) is 102 cm³/mol. The van der Waals surface area contributed by atoms with E-state index in [1.165, 1.54) is 51.7 Å². The van der Waals surface area contributed by atoms with Crippen molar-refractivity contribution in [2.24, 2.45) is 5.14 Å². The van der Waals surface area contributed by atoms with Gasteiger partial charge in [-0.15, -0.1) is 0 Å². The first-order valence-electron chi connectivity index (χ1n) is 7.70. The Hall–Kier alpha value is -3.04. The molecule has 2 rings (SSSR count). The Morgan fingerprint density at radius 1 is 1.00 bits per heavy atom. The second-order valence-electron chi connectivity index (χ2n) is 5.35. The van der Waals surface area contributed by atoms with Crippen LogP contribution < -0.4 is 24.7 Å². The van der Waals surface area contributed by atoms with Gasteiger partial charge < -0.3 is 19.5 Å². The van der Waals surface area contributed by atoms with Crippen molar-refractivity contribution in [3.63, 3.8) is 0 Å². The Morgan fingerprint density at radius 3 is 2.00 bits per heavy atom. The third kappa shape index (κ3) is 5.22. The first kappa shape index (κ1) is 20.3. The van der Waals surface area contributed by atoms with Gasteiger partial charge in [-0.2, -0.15) is 0 Å². The zero-order chi connectivity index (χ0) is 20.0. The van der Waals surface area contributed by atoms with Gasteiger partial charge >= 0.3 is 0 Å². The van der Waals surface area contributed by atoms with Crippen LogP contribution in [-0.4, -0.2) is 35.7 Å². The third-order valence-electron chi connectivity index (χ3n) is 3.56. The molecule has 0 aliphatic rings. The molecular formula is C18H20N2O6S. The average Bonchev–Trinajstić information content (AvgIpc) is 2.65. The molecule has 0 saturated heterocycles. The van der Waals surface area contributed by atoms with Crippen LogP contribution in [0.5, 0.6) is 17.2 Å². The summed E-state index contributed by atoms with van der Waals surface area (Å²) in [5.74, 6) is 0.995. The van der Waals surface area contributed by atoms with Gasteiger partial charge in [-0.25, -0.2) is 13.6 Å². The highest BCUT2D eigenvalue weighted by molar-refractivity contribution is 7.89. The molecule has 2 aromatic rings. The van der Waals surface area contributed by atoms with E-state index in [-0.39, 0.29) is 4.90 Å². The molecule has 0 atom stereocenters. The molecule has 0 saturated carbocycles. The van der Waals surface area contributed by atoms with E-state index in [4.69, 9.17) is 19.3 Å². The minimum Gasteiger partial charge on any atom is -0.493 e. The molecule has 144 valence electrons. The van der Waals surface area contributed by atoms with Crippen LogP contribution in [0.3, 0.4) is 0 Å². The molecule has 3 N–H and O–H groups in total. The van der Waals surface area contributed by atoms with Crippen molar-refractivity contribution in [3.05, 3.63) is 48.0 Å². The van der Waals surface area contributed by atoms with E-state index in [1.807, 2.05) is 0 Å². The average molecular weight is 392 g/mol. The van der Waals surface area contributed by atoms with Crippen LogP contribution in [0.15, 0.2) is 47.4 Å². The van der Waals surface area contributed by atoms with Crippen LogP contribution in [0.1, 0.15) is 5.56 Å². The van der Waals surface area contributed by atoms with E-state index < -0.39 is 15.9 Å². The van der Waals surface area contributed by atoms with E-state index in [0.717, 1.165) is 0 Å². The number of sulfonamides is 1. The van der Waals surface area contributed by atoms with Gasteiger partial charge in [0.15, 0.2) is 11.5 Å². The van der Waals surface area contributed by atoms with Crippen LogP contribution in [0, 0.1) is 0 Å². The van der Waals surface area contributed by atoms with Crippen LogP contribution in [0.2, 0.25) is 0 Å². The van der Waals surface area contributed by atoms with Crippen molar-refractivity contribution in [1.29, 1.82) is 0 Å². The fraction of sp³-hybridized carbons (Fsp3) is 0.167. The van der Waals surface area contributed by atoms with Crippen molar-refractivity contribution >= 4 is 27.7 Å². The first-order chi connectivity index (χ1) is 12.8. The number of ether oxygens (including phenoxy) is 3. The Bertz CT molecular complexity index is 927. The Labute approximate surface area is 157 Å². The lowest BCUT2D eigenvalue weighted by Gasteiger charge is -2.12. The zero-order valence-electron chi connectivity index (χ0n) is 15.1. The smallest absolute Gasteiger partial charge is 0.248 e. The van der Waals surface area contributed by atoms with Gasteiger partial charge in [0.1, 0.15) is 0 Å². The summed E-state index contributed by atoms with van der Waals surface area (Å²) < 4.78 is 38.2. The van der Waals surface area contributed by atoms with Gasteiger partial charge in [0.05, 0.1) is 26.2 Å². The Morgan fingerprint density at radius 2 is 1.56 bits per heavy atom. The maximum Gasteiger partial charge on any atom is 0.248 e. The van der Waals surface area contributed by atoms with Crippen molar-refractivity contribution < 1.29 is 27.4 Å². The van der Waals surface area contributed by atoms with E-state index in [2.05, 4.69) is 5.32 Å². The van der Waals surface area contributed by atoms with E-state index >= 15 is 0 Å². The maximum absolute atomic E-state index is 12.1. The molecule has 8 nitrogen and oxygen atoms in total. The number of primary sulfonamides is 1. The van der Waals surface area contributed by atoms with Gasteiger partial charge in [-0.05, 0) is 48.0 Å². The monoisotopic (exact) mass is 392 g/mol. The molecule has 0 bridgehead atoms.